The molecule has 88 valence electrons. The first-order chi connectivity index (χ1) is 7.33. The zero-order chi connectivity index (χ0) is 10.7. The van der Waals surface area contributed by atoms with E-state index in [1.54, 1.807) is 0 Å². The minimum Gasteiger partial charge on any atom is -0.311 e. The van der Waals surface area contributed by atoms with E-state index in [2.05, 4.69) is 24.1 Å². The monoisotopic (exact) mass is 210 g/mol. The fourth-order valence-electron chi connectivity index (χ4n) is 3.23. The number of fused-ring (bicyclic) bond motifs is 1. The van der Waals surface area contributed by atoms with Gasteiger partial charge in [0.25, 0.3) is 0 Å². The van der Waals surface area contributed by atoms with E-state index in [0.29, 0.717) is 0 Å². The Labute approximate surface area is 94.4 Å². The Morgan fingerprint density at radius 3 is 2.73 bits per heavy atom. The zero-order valence-corrected chi connectivity index (χ0v) is 10.3. The Bertz CT molecular complexity index is 187. The lowest BCUT2D eigenvalue weighted by atomic mass is 9.96. The van der Waals surface area contributed by atoms with E-state index >= 15 is 0 Å². The first-order valence-corrected chi connectivity index (χ1v) is 6.83. The van der Waals surface area contributed by atoms with E-state index in [1.807, 2.05) is 0 Å². The Morgan fingerprint density at radius 1 is 1.20 bits per heavy atom. The number of hydrogen-bond donors (Lipinski definition) is 1. The van der Waals surface area contributed by atoms with Gasteiger partial charge in [0.15, 0.2) is 0 Å². The first-order valence-electron chi connectivity index (χ1n) is 6.83. The van der Waals surface area contributed by atoms with Crippen molar-refractivity contribution in [3.05, 3.63) is 0 Å². The second-order valence-corrected chi connectivity index (χ2v) is 5.23. The maximum atomic E-state index is 3.84. The van der Waals surface area contributed by atoms with Crippen molar-refractivity contribution in [1.29, 1.82) is 0 Å². The molecular weight excluding hydrogens is 184 g/mol. The summed E-state index contributed by atoms with van der Waals surface area (Å²) in [7, 11) is 0. The third-order valence-electron chi connectivity index (χ3n) is 4.28. The van der Waals surface area contributed by atoms with Crippen molar-refractivity contribution in [2.24, 2.45) is 0 Å². The lowest BCUT2D eigenvalue weighted by Crippen LogP contribution is -2.48. The van der Waals surface area contributed by atoms with Crippen molar-refractivity contribution in [2.45, 2.75) is 70.5 Å². The SMILES string of the molecule is CCC(CC)NC1CCN2CCCC2C1. The van der Waals surface area contributed by atoms with Crippen LogP contribution in [0.2, 0.25) is 0 Å². The molecule has 0 aliphatic carbocycles. The predicted octanol–water partition coefficient (Wildman–Crippen LogP) is 2.39. The van der Waals surface area contributed by atoms with Gasteiger partial charge in [-0.25, -0.2) is 0 Å². The van der Waals surface area contributed by atoms with E-state index in [0.717, 1.165) is 18.1 Å². The summed E-state index contributed by atoms with van der Waals surface area (Å²) in [5.74, 6) is 0. The largest absolute Gasteiger partial charge is 0.311 e. The molecule has 0 aromatic heterocycles. The molecule has 0 aromatic carbocycles. The van der Waals surface area contributed by atoms with E-state index < -0.39 is 0 Å². The highest BCUT2D eigenvalue weighted by Crippen LogP contribution is 2.27. The molecule has 0 bridgehead atoms. The van der Waals surface area contributed by atoms with Crippen molar-refractivity contribution in [2.75, 3.05) is 13.1 Å². The molecule has 2 atom stereocenters. The molecule has 2 saturated heterocycles. The lowest BCUT2D eigenvalue weighted by Gasteiger charge is -2.36. The summed E-state index contributed by atoms with van der Waals surface area (Å²) in [6.45, 7) is 7.29. The molecule has 2 aliphatic heterocycles. The van der Waals surface area contributed by atoms with Crippen molar-refractivity contribution < 1.29 is 0 Å². The highest BCUT2D eigenvalue weighted by atomic mass is 15.2. The van der Waals surface area contributed by atoms with Crippen LogP contribution in [0.15, 0.2) is 0 Å². The summed E-state index contributed by atoms with van der Waals surface area (Å²) >= 11 is 0. The van der Waals surface area contributed by atoms with Gasteiger partial charge in [-0.2, -0.15) is 0 Å². The van der Waals surface area contributed by atoms with Crippen LogP contribution in [0.5, 0.6) is 0 Å². The third kappa shape index (κ3) is 2.73. The molecule has 0 radical (unpaired) electrons. The van der Waals surface area contributed by atoms with Crippen LogP contribution in [0.1, 0.15) is 52.4 Å². The van der Waals surface area contributed by atoms with E-state index in [-0.39, 0.29) is 0 Å². The molecule has 1 N–H and O–H groups in total. The fraction of sp³-hybridized carbons (Fsp3) is 1.00. The highest BCUT2D eigenvalue weighted by molar-refractivity contribution is 4.90. The average molecular weight is 210 g/mol. The summed E-state index contributed by atoms with van der Waals surface area (Å²) in [4.78, 5) is 2.70. The standard InChI is InChI=1S/C13H26N2/c1-3-11(4-2)14-12-7-9-15-8-5-6-13(15)10-12/h11-14H,3-10H2,1-2H3. The molecule has 2 heterocycles. The van der Waals surface area contributed by atoms with Crippen LogP contribution >= 0.6 is 0 Å². The highest BCUT2D eigenvalue weighted by Gasteiger charge is 2.31. The minimum absolute atomic E-state index is 0.753. The Morgan fingerprint density at radius 2 is 2.00 bits per heavy atom. The van der Waals surface area contributed by atoms with Gasteiger partial charge in [-0.05, 0) is 51.6 Å². The number of rotatable bonds is 4. The summed E-state index contributed by atoms with van der Waals surface area (Å²) in [5, 5.41) is 3.84. The number of nitrogens with zero attached hydrogens (tertiary/aromatic N) is 1. The fourth-order valence-corrected chi connectivity index (χ4v) is 3.23. The maximum Gasteiger partial charge on any atom is 0.0111 e. The smallest absolute Gasteiger partial charge is 0.0111 e. The van der Waals surface area contributed by atoms with Gasteiger partial charge in [-0.15, -0.1) is 0 Å². The molecule has 15 heavy (non-hydrogen) atoms. The molecule has 2 rings (SSSR count). The van der Waals surface area contributed by atoms with Gasteiger partial charge in [0, 0.05) is 18.1 Å². The molecular formula is C13H26N2. The van der Waals surface area contributed by atoms with Crippen LogP contribution in [-0.4, -0.2) is 36.1 Å². The maximum absolute atomic E-state index is 3.84. The normalized spacial score (nSPS) is 32.2. The number of piperidine rings is 1. The van der Waals surface area contributed by atoms with Gasteiger partial charge in [0.05, 0.1) is 0 Å². The van der Waals surface area contributed by atoms with Crippen LogP contribution in [-0.2, 0) is 0 Å². The van der Waals surface area contributed by atoms with Gasteiger partial charge < -0.3 is 10.2 Å². The van der Waals surface area contributed by atoms with Gasteiger partial charge in [-0.1, -0.05) is 13.8 Å². The molecule has 0 aromatic rings. The molecule has 2 aliphatic rings. The Kier molecular flexibility index (Phi) is 4.04. The Hall–Kier alpha value is -0.0800. The average Bonchev–Trinajstić information content (AvgIpc) is 2.73. The molecule has 2 heteroatoms. The topological polar surface area (TPSA) is 15.3 Å². The second kappa shape index (κ2) is 5.31. The Balaban J connectivity index is 1.79. The quantitative estimate of drug-likeness (QED) is 0.766. The molecule has 2 nitrogen and oxygen atoms in total. The van der Waals surface area contributed by atoms with E-state index in [1.165, 1.54) is 51.6 Å². The van der Waals surface area contributed by atoms with Gasteiger partial charge in [0.2, 0.25) is 0 Å². The predicted molar refractivity (Wildman–Crippen MR) is 65.1 cm³/mol. The van der Waals surface area contributed by atoms with Crippen LogP contribution < -0.4 is 5.32 Å². The molecule has 2 unspecified atom stereocenters. The second-order valence-electron chi connectivity index (χ2n) is 5.23. The van der Waals surface area contributed by atoms with E-state index in [4.69, 9.17) is 0 Å². The molecule has 0 saturated carbocycles. The van der Waals surface area contributed by atoms with E-state index in [9.17, 15) is 0 Å². The van der Waals surface area contributed by atoms with Crippen molar-refractivity contribution in [3.63, 3.8) is 0 Å². The van der Waals surface area contributed by atoms with Gasteiger partial charge >= 0.3 is 0 Å². The first kappa shape index (κ1) is 11.4. The van der Waals surface area contributed by atoms with Crippen molar-refractivity contribution >= 4 is 0 Å². The molecule has 2 fully saturated rings. The summed E-state index contributed by atoms with van der Waals surface area (Å²) < 4.78 is 0. The van der Waals surface area contributed by atoms with Crippen LogP contribution in [0.25, 0.3) is 0 Å². The number of nitrogens with one attached hydrogen (secondary N) is 1. The third-order valence-corrected chi connectivity index (χ3v) is 4.28. The lowest BCUT2D eigenvalue weighted by molar-refractivity contribution is 0.159. The zero-order valence-electron chi connectivity index (χ0n) is 10.3. The minimum atomic E-state index is 0.753. The van der Waals surface area contributed by atoms with Crippen LogP contribution in [0.3, 0.4) is 0 Å². The molecule has 0 amide bonds. The number of hydrogen-bond acceptors (Lipinski definition) is 2. The van der Waals surface area contributed by atoms with Crippen molar-refractivity contribution in [3.8, 4) is 0 Å². The summed E-state index contributed by atoms with van der Waals surface area (Å²) in [5.41, 5.74) is 0. The summed E-state index contributed by atoms with van der Waals surface area (Å²) in [6.07, 6.45) is 8.20. The van der Waals surface area contributed by atoms with Crippen LogP contribution in [0, 0.1) is 0 Å². The molecule has 0 spiro atoms. The van der Waals surface area contributed by atoms with Gasteiger partial charge in [0.1, 0.15) is 0 Å². The van der Waals surface area contributed by atoms with Crippen molar-refractivity contribution in [1.82, 2.24) is 10.2 Å². The summed E-state index contributed by atoms with van der Waals surface area (Å²) in [6, 6.07) is 2.46. The van der Waals surface area contributed by atoms with Crippen LogP contribution in [0.4, 0.5) is 0 Å². The van der Waals surface area contributed by atoms with Gasteiger partial charge in [-0.3, -0.25) is 0 Å².